The molecule has 0 aliphatic rings. The van der Waals surface area contributed by atoms with E-state index in [1.54, 1.807) is 0 Å². The van der Waals surface area contributed by atoms with Gasteiger partial charge in [-0.15, -0.1) is 18.2 Å². The van der Waals surface area contributed by atoms with Gasteiger partial charge in [0.1, 0.15) is 5.58 Å². The fraction of sp³-hybridized carbons (Fsp3) is 0.132. The average Bonchev–Trinajstić information content (AvgIpc) is 3.83. The third-order valence-electron chi connectivity index (χ3n) is 10.9. The molecule has 10 aromatic rings. The molecule has 0 amide bonds. The fourth-order valence-electron chi connectivity index (χ4n) is 7.68. The van der Waals surface area contributed by atoms with Gasteiger partial charge < -0.3 is 8.98 Å². The van der Waals surface area contributed by atoms with Crippen molar-refractivity contribution < 1.29 is 24.5 Å². The summed E-state index contributed by atoms with van der Waals surface area (Å²) in [7, 11) is 0. The zero-order valence-electron chi connectivity index (χ0n) is 34.2. The number of imidazole rings is 1. The van der Waals surface area contributed by atoms with Crippen molar-refractivity contribution in [3.8, 4) is 39.5 Å². The largest absolute Gasteiger partial charge is 0 e. The second-order valence-corrected chi connectivity index (χ2v) is 27.6. The van der Waals surface area contributed by atoms with Gasteiger partial charge in [0.15, 0.2) is 0 Å². The maximum atomic E-state index is 6.51. The van der Waals surface area contributed by atoms with Gasteiger partial charge in [-0.1, -0.05) is 117 Å². The smallest absolute Gasteiger partial charge is 0 e. The van der Waals surface area contributed by atoms with Gasteiger partial charge in [-0.25, -0.2) is 0 Å². The van der Waals surface area contributed by atoms with Crippen LogP contribution in [0.3, 0.4) is 0 Å². The van der Waals surface area contributed by atoms with Crippen molar-refractivity contribution in [3.05, 3.63) is 182 Å². The topological polar surface area (TPSA) is 43.9 Å². The van der Waals surface area contributed by atoms with E-state index in [-0.39, 0.29) is 25.5 Å². The summed E-state index contributed by atoms with van der Waals surface area (Å²) in [6.45, 7) is 6.79. The van der Waals surface area contributed by atoms with Gasteiger partial charge in [-0.05, 0) is 46.2 Å². The van der Waals surface area contributed by atoms with Gasteiger partial charge in [-0.3, -0.25) is 4.98 Å². The SMILES string of the molecule is CC(C)(C)c1ccc(-n2c(-c3[c-]ccc4c3oc3ccccc34)nc3c4ccccc4ccc32)c(-c2ccccc2)c1.[CH3][Ge]([CH3])([CH3])[c]1ccc(-c2[c-]cccc2)nc1.[Ir]. The molecule has 0 fully saturated rings. The van der Waals surface area contributed by atoms with Gasteiger partial charge in [0.05, 0.1) is 22.4 Å². The molecule has 0 spiro atoms. The first kappa shape index (κ1) is 40.2. The molecule has 0 unspecified atom stereocenters. The first-order chi connectivity index (χ1) is 28.0. The summed E-state index contributed by atoms with van der Waals surface area (Å²) in [5, 5.41) is 4.45. The van der Waals surface area contributed by atoms with Crippen molar-refractivity contribution >= 4 is 61.4 Å². The second-order valence-electron chi connectivity index (χ2n) is 16.9. The molecule has 6 heteroatoms. The predicted molar refractivity (Wildman–Crippen MR) is 246 cm³/mol. The second kappa shape index (κ2) is 16.2. The monoisotopic (exact) mass is 1010 g/mol. The van der Waals surface area contributed by atoms with E-state index in [9.17, 15) is 0 Å². The summed E-state index contributed by atoms with van der Waals surface area (Å²) in [5.41, 5.74) is 11.3. The van der Waals surface area contributed by atoms with Crippen molar-refractivity contribution in [2.45, 2.75) is 43.5 Å². The number of hydrogen-bond acceptors (Lipinski definition) is 3. The quantitative estimate of drug-likeness (QED) is 0.127. The van der Waals surface area contributed by atoms with Gasteiger partial charge in [-0.2, -0.15) is 0 Å². The first-order valence-corrected chi connectivity index (χ1v) is 27.3. The van der Waals surface area contributed by atoms with Crippen LogP contribution in [0.1, 0.15) is 26.3 Å². The maximum Gasteiger partial charge on any atom is 0 e. The summed E-state index contributed by atoms with van der Waals surface area (Å²) in [4.78, 5) is 9.92. The van der Waals surface area contributed by atoms with Crippen LogP contribution in [0.25, 0.3) is 83.2 Å². The fourth-order valence-corrected chi connectivity index (χ4v) is 9.85. The molecule has 0 saturated carbocycles. The molecule has 4 nitrogen and oxygen atoms in total. The summed E-state index contributed by atoms with van der Waals surface area (Å²) in [6.07, 6.45) is 2.04. The first-order valence-electron chi connectivity index (χ1n) is 19.9. The Balaban J connectivity index is 0.000000240. The molecular weight excluding hydrogens is 959 g/mol. The molecule has 0 N–H and O–H groups in total. The number of para-hydroxylation sites is 1. The van der Waals surface area contributed by atoms with Crippen molar-refractivity contribution in [3.63, 3.8) is 0 Å². The van der Waals surface area contributed by atoms with E-state index in [2.05, 4.69) is 175 Å². The van der Waals surface area contributed by atoms with Crippen molar-refractivity contribution in [1.29, 1.82) is 0 Å². The third kappa shape index (κ3) is 7.83. The number of hydrogen-bond donors (Lipinski definition) is 0. The van der Waals surface area contributed by atoms with Crippen LogP contribution in [0, 0.1) is 12.1 Å². The van der Waals surface area contributed by atoms with Crippen molar-refractivity contribution in [1.82, 2.24) is 14.5 Å². The van der Waals surface area contributed by atoms with Gasteiger partial charge in [0.25, 0.3) is 0 Å². The van der Waals surface area contributed by atoms with Crippen LogP contribution in [0.15, 0.2) is 168 Å². The van der Waals surface area contributed by atoms with Crippen molar-refractivity contribution in [2.75, 3.05) is 0 Å². The molecule has 0 aliphatic carbocycles. The van der Waals surface area contributed by atoms with E-state index >= 15 is 0 Å². The molecule has 293 valence electrons. The molecule has 0 atom stereocenters. The number of rotatable bonds is 5. The van der Waals surface area contributed by atoms with Crippen molar-refractivity contribution in [2.24, 2.45) is 0 Å². The molecule has 59 heavy (non-hydrogen) atoms. The number of furan rings is 1. The van der Waals surface area contributed by atoms with E-state index in [1.807, 2.05) is 48.7 Å². The number of fused-ring (bicyclic) bond motifs is 6. The Kier molecular flexibility index (Phi) is 11.1. The molecule has 0 saturated heterocycles. The van der Waals surface area contributed by atoms with Crippen LogP contribution in [-0.4, -0.2) is 27.8 Å². The zero-order valence-corrected chi connectivity index (χ0v) is 38.7. The molecule has 3 aromatic heterocycles. The van der Waals surface area contributed by atoms with Crippen LogP contribution >= 0.6 is 0 Å². The molecule has 1 radical (unpaired) electrons. The van der Waals surface area contributed by atoms with E-state index in [0.717, 1.165) is 77.8 Å². The number of pyridine rings is 1. The minimum absolute atomic E-state index is 0. The van der Waals surface area contributed by atoms with Gasteiger partial charge in [0, 0.05) is 42.1 Å². The molecule has 0 aliphatic heterocycles. The predicted octanol–water partition coefficient (Wildman–Crippen LogP) is 13.6. The summed E-state index contributed by atoms with van der Waals surface area (Å²) in [5.74, 6) is 7.95. The van der Waals surface area contributed by atoms with Crippen LogP contribution in [-0.2, 0) is 25.5 Å². The van der Waals surface area contributed by atoms with E-state index in [4.69, 9.17) is 9.40 Å². The minimum Gasteiger partial charge on any atom is 0 e. The third-order valence-corrected chi connectivity index (χ3v) is 15.2. The number of aromatic nitrogens is 3. The van der Waals surface area contributed by atoms with Gasteiger partial charge in [0.2, 0.25) is 0 Å². The zero-order chi connectivity index (χ0) is 40.0. The van der Waals surface area contributed by atoms with Gasteiger partial charge >= 0.3 is 99.8 Å². The van der Waals surface area contributed by atoms with Crippen LogP contribution in [0.5, 0.6) is 0 Å². The molecule has 10 rings (SSSR count). The Labute approximate surface area is 362 Å². The number of benzene rings is 7. The Morgan fingerprint density at radius 1 is 0.661 bits per heavy atom. The Morgan fingerprint density at radius 3 is 2.14 bits per heavy atom. The maximum absolute atomic E-state index is 6.51. The van der Waals surface area contributed by atoms with E-state index in [1.165, 1.54) is 15.3 Å². The number of nitrogens with zero attached hydrogens (tertiary/aromatic N) is 3. The average molecular weight is 1000 g/mol. The molecule has 0 bridgehead atoms. The Morgan fingerprint density at radius 2 is 1.41 bits per heavy atom. The van der Waals surface area contributed by atoms with E-state index < -0.39 is 13.3 Å². The van der Waals surface area contributed by atoms with Crippen LogP contribution in [0.4, 0.5) is 0 Å². The molecule has 3 heterocycles. The minimum atomic E-state index is -1.72. The Hall–Kier alpha value is -5.59. The normalized spacial score (nSPS) is 11.8. The van der Waals surface area contributed by atoms with Crippen LogP contribution in [0.2, 0.25) is 17.3 Å². The Bertz CT molecular complexity index is 3070. The van der Waals surface area contributed by atoms with E-state index in [0.29, 0.717) is 0 Å². The van der Waals surface area contributed by atoms with Crippen LogP contribution < -0.4 is 4.40 Å². The summed E-state index contributed by atoms with van der Waals surface area (Å²) in [6, 6.07) is 61.6. The summed E-state index contributed by atoms with van der Waals surface area (Å²) >= 11 is -1.72. The standard InChI is InChI=1S/C39H29N2O.C14H16GeN.Ir/c1-39(2,3)27-21-23-33(32(24-27)25-12-5-4-6-13-25)41-34-22-20-26-14-7-8-15-28(26)36(34)40-38(41)31-18-11-17-30-29-16-9-10-19-35(29)42-37(30)31;1-15(2,3)13-9-10-14(16-11-13)12-7-5-4-6-8-12;/h4-17,19-24H,1-3H3;4-7,9-11H,1-3H3;/q2*-1;. The molecule has 7 aromatic carbocycles. The molecular formula is C53H45GeIrN3O-2. The summed E-state index contributed by atoms with van der Waals surface area (Å²) < 4.78 is 10.3.